The Balaban J connectivity index is 1.23. The molecule has 0 aliphatic heterocycles. The first-order chi connectivity index (χ1) is 27.4. The van der Waals surface area contributed by atoms with Crippen molar-refractivity contribution in [2.24, 2.45) is 0 Å². The fourth-order valence-corrected chi connectivity index (χ4v) is 7.88. The molecule has 3 nitrogen and oxygen atoms in total. The van der Waals surface area contributed by atoms with Crippen molar-refractivity contribution in [1.29, 1.82) is 0 Å². The lowest BCUT2D eigenvalue weighted by molar-refractivity contribution is 0.745. The Morgan fingerprint density at radius 1 is 0.250 bits per heavy atom. The van der Waals surface area contributed by atoms with Crippen LogP contribution in [0, 0.1) is 0 Å². The Bertz CT molecular complexity index is 2260. The molecule has 56 heavy (non-hydrogen) atoms. The van der Waals surface area contributed by atoms with E-state index in [0.717, 1.165) is 17.1 Å². The quantitative estimate of drug-likeness (QED) is 0.123. The zero-order valence-corrected chi connectivity index (χ0v) is 32.5. The maximum Gasteiger partial charge on any atom is 0.0701 e. The van der Waals surface area contributed by atoms with Crippen LogP contribution in [0.25, 0.3) is 22.3 Å². The van der Waals surface area contributed by atoms with E-state index < -0.39 is 5.41 Å². The second kappa shape index (κ2) is 15.9. The predicted octanol–water partition coefficient (Wildman–Crippen LogP) is 13.0. The van der Waals surface area contributed by atoms with Gasteiger partial charge < -0.3 is 14.7 Å². The van der Waals surface area contributed by atoms with Gasteiger partial charge in [0.1, 0.15) is 0 Å². The van der Waals surface area contributed by atoms with Crippen LogP contribution in [-0.2, 0) is 5.41 Å². The summed E-state index contributed by atoms with van der Waals surface area (Å²) < 4.78 is 0. The highest BCUT2D eigenvalue weighted by atomic mass is 15.1. The minimum absolute atomic E-state index is 0.513. The molecule has 0 saturated heterocycles. The van der Waals surface area contributed by atoms with Gasteiger partial charge in [-0.3, -0.25) is 0 Å². The van der Waals surface area contributed by atoms with E-state index in [9.17, 15) is 0 Å². The number of hydrogen-bond acceptors (Lipinski definition) is 3. The van der Waals surface area contributed by atoms with Crippen molar-refractivity contribution in [1.82, 2.24) is 0 Å². The molecule has 0 atom stereocenters. The zero-order valence-electron chi connectivity index (χ0n) is 32.5. The van der Waals surface area contributed by atoms with Crippen LogP contribution in [0.15, 0.2) is 212 Å². The van der Waals surface area contributed by atoms with E-state index in [0.29, 0.717) is 0 Å². The largest absolute Gasteiger partial charge is 0.378 e. The molecule has 0 aliphatic rings. The molecule has 0 bridgehead atoms. The average molecular weight is 726 g/mol. The molecule has 0 saturated carbocycles. The third-order valence-corrected chi connectivity index (χ3v) is 10.9. The summed E-state index contributed by atoms with van der Waals surface area (Å²) in [5, 5.41) is 0. The molecule has 0 radical (unpaired) electrons. The van der Waals surface area contributed by atoms with Crippen molar-refractivity contribution < 1.29 is 0 Å². The van der Waals surface area contributed by atoms with E-state index in [1.165, 1.54) is 55.9 Å². The van der Waals surface area contributed by atoms with E-state index >= 15 is 0 Å². The van der Waals surface area contributed by atoms with Gasteiger partial charge in [-0.25, -0.2) is 0 Å². The highest BCUT2D eigenvalue weighted by Crippen LogP contribution is 2.46. The minimum atomic E-state index is -0.513. The van der Waals surface area contributed by atoms with Crippen LogP contribution in [0.4, 0.5) is 28.4 Å². The molecule has 0 N–H and O–H groups in total. The van der Waals surface area contributed by atoms with Gasteiger partial charge in [-0.05, 0) is 105 Å². The second-order valence-electron chi connectivity index (χ2n) is 14.7. The van der Waals surface area contributed by atoms with Gasteiger partial charge in [-0.2, -0.15) is 0 Å². The van der Waals surface area contributed by atoms with Crippen molar-refractivity contribution in [3.8, 4) is 22.3 Å². The lowest BCUT2D eigenvalue weighted by Crippen LogP contribution is -2.31. The van der Waals surface area contributed by atoms with Crippen molar-refractivity contribution in [2.45, 2.75) is 5.41 Å². The number of rotatable bonds is 11. The van der Waals surface area contributed by atoms with Crippen LogP contribution in [0.3, 0.4) is 0 Å². The summed E-state index contributed by atoms with van der Waals surface area (Å²) in [5.74, 6) is 0. The fourth-order valence-electron chi connectivity index (χ4n) is 7.88. The number of hydrogen-bond donors (Lipinski definition) is 0. The summed E-state index contributed by atoms with van der Waals surface area (Å²) >= 11 is 0. The number of nitrogens with zero attached hydrogens (tertiary/aromatic N) is 3. The third kappa shape index (κ3) is 7.08. The van der Waals surface area contributed by atoms with Crippen LogP contribution in [0.5, 0.6) is 0 Å². The molecule has 8 rings (SSSR count). The fraction of sp³-hybridized carbons (Fsp3) is 0.0943. The lowest BCUT2D eigenvalue weighted by atomic mass is 9.65. The van der Waals surface area contributed by atoms with Crippen molar-refractivity contribution in [3.63, 3.8) is 0 Å². The van der Waals surface area contributed by atoms with Crippen LogP contribution in [0.2, 0.25) is 0 Å². The molecular formula is C53H47N3. The molecule has 8 aromatic carbocycles. The van der Waals surface area contributed by atoms with Gasteiger partial charge in [-0.15, -0.1) is 0 Å². The van der Waals surface area contributed by atoms with Gasteiger partial charge >= 0.3 is 0 Å². The van der Waals surface area contributed by atoms with Crippen LogP contribution in [-0.4, -0.2) is 28.2 Å². The maximum atomic E-state index is 2.36. The summed E-state index contributed by atoms with van der Waals surface area (Å²) in [7, 11) is 8.29. The second-order valence-corrected chi connectivity index (χ2v) is 14.7. The summed E-state index contributed by atoms with van der Waals surface area (Å²) in [6, 6.07) is 77.2. The summed E-state index contributed by atoms with van der Waals surface area (Å²) in [5.41, 5.74) is 14.8. The highest BCUT2D eigenvalue weighted by Gasteiger charge is 2.38. The Kier molecular flexibility index (Phi) is 10.2. The zero-order chi connectivity index (χ0) is 38.5. The summed E-state index contributed by atoms with van der Waals surface area (Å²) in [6.07, 6.45) is 0. The van der Waals surface area contributed by atoms with Crippen molar-refractivity contribution in [2.75, 3.05) is 42.9 Å². The monoisotopic (exact) mass is 725 g/mol. The van der Waals surface area contributed by atoms with E-state index in [4.69, 9.17) is 0 Å². The molecule has 0 heterocycles. The Hall–Kier alpha value is -6.84. The molecule has 0 aromatic heterocycles. The molecule has 8 aromatic rings. The van der Waals surface area contributed by atoms with E-state index in [1.54, 1.807) is 0 Å². The molecule has 0 fully saturated rings. The Labute approximate surface area is 332 Å². The molecule has 0 amide bonds. The normalized spacial score (nSPS) is 11.2. The van der Waals surface area contributed by atoms with Crippen LogP contribution < -0.4 is 14.7 Å². The maximum absolute atomic E-state index is 2.36. The predicted molar refractivity (Wildman–Crippen MR) is 239 cm³/mol. The number of benzene rings is 8. The van der Waals surface area contributed by atoms with Gasteiger partial charge in [-0.1, -0.05) is 152 Å². The first-order valence-electron chi connectivity index (χ1n) is 19.2. The molecule has 0 unspecified atom stereocenters. The van der Waals surface area contributed by atoms with Crippen molar-refractivity contribution >= 4 is 28.4 Å². The minimum Gasteiger partial charge on any atom is -0.378 e. The lowest BCUT2D eigenvalue weighted by Gasteiger charge is -2.37. The molecule has 0 aliphatic carbocycles. The Morgan fingerprint density at radius 3 is 0.750 bits per heavy atom. The first-order valence-corrected chi connectivity index (χ1v) is 19.2. The average Bonchev–Trinajstić information content (AvgIpc) is 3.26. The van der Waals surface area contributed by atoms with Crippen LogP contribution in [0.1, 0.15) is 22.3 Å². The van der Waals surface area contributed by atoms with E-state index in [-0.39, 0.29) is 0 Å². The topological polar surface area (TPSA) is 9.72 Å². The van der Waals surface area contributed by atoms with Gasteiger partial charge in [0.15, 0.2) is 0 Å². The number of anilines is 5. The van der Waals surface area contributed by atoms with Gasteiger partial charge in [0.05, 0.1) is 5.41 Å². The Morgan fingerprint density at radius 2 is 0.482 bits per heavy atom. The highest BCUT2D eigenvalue weighted by molar-refractivity contribution is 5.80. The summed E-state index contributed by atoms with van der Waals surface area (Å²) in [6.45, 7) is 0. The standard InChI is InChI=1S/C53H47N3/c1-54(2)48-30-20-40(21-31-48)42-24-34-50(35-25-42)56(51-36-26-43(27-37-51)41-22-32-49(33-23-41)55(3)4)52-38-28-47(29-39-52)53(44-14-8-5-9-15-44,45-16-10-6-11-17-45)46-18-12-7-13-19-46/h5-39H,1-4H3. The first kappa shape index (κ1) is 36.2. The van der Waals surface area contributed by atoms with E-state index in [1.807, 2.05) is 0 Å². The smallest absolute Gasteiger partial charge is 0.0701 e. The molecule has 274 valence electrons. The SMILES string of the molecule is CN(C)c1ccc(-c2ccc(N(c3ccc(-c4ccc(N(C)C)cc4)cc3)c3ccc(C(c4ccccc4)(c4ccccc4)c4ccccc4)cc3)cc2)cc1. The van der Waals surface area contributed by atoms with Gasteiger partial charge in [0.2, 0.25) is 0 Å². The third-order valence-electron chi connectivity index (χ3n) is 10.9. The molecule has 0 spiro atoms. The van der Waals surface area contributed by atoms with Gasteiger partial charge in [0.25, 0.3) is 0 Å². The van der Waals surface area contributed by atoms with Gasteiger partial charge in [0, 0.05) is 56.6 Å². The molecular weight excluding hydrogens is 679 g/mol. The summed E-state index contributed by atoms with van der Waals surface area (Å²) in [4.78, 5) is 6.62. The van der Waals surface area contributed by atoms with Crippen molar-refractivity contribution in [3.05, 3.63) is 235 Å². The molecule has 3 heteroatoms. The van der Waals surface area contributed by atoms with E-state index in [2.05, 4.69) is 255 Å². The van der Waals surface area contributed by atoms with Crippen LogP contribution >= 0.6 is 0 Å².